The van der Waals surface area contributed by atoms with Gasteiger partial charge in [0.15, 0.2) is 0 Å². The van der Waals surface area contributed by atoms with E-state index in [9.17, 15) is 10.1 Å². The number of hydrogen-bond acceptors (Lipinski definition) is 5. The van der Waals surface area contributed by atoms with E-state index in [0.29, 0.717) is 0 Å². The van der Waals surface area contributed by atoms with Crippen LogP contribution in [-0.4, -0.2) is 4.92 Å². The van der Waals surface area contributed by atoms with Crippen LogP contribution in [0.15, 0.2) is 119 Å². The van der Waals surface area contributed by atoms with E-state index in [4.69, 9.17) is 5.73 Å². The molecule has 0 unspecified atom stereocenters. The van der Waals surface area contributed by atoms with Gasteiger partial charge in [-0.2, -0.15) is 0 Å². The molecule has 0 aromatic heterocycles. The number of nitrogens with zero attached hydrogens (tertiary/aromatic N) is 1. The van der Waals surface area contributed by atoms with Gasteiger partial charge in [0.2, 0.25) is 0 Å². The van der Waals surface area contributed by atoms with Gasteiger partial charge in [-0.25, -0.2) is 0 Å². The molecule has 33 heavy (non-hydrogen) atoms. The van der Waals surface area contributed by atoms with Crippen LogP contribution in [0.2, 0.25) is 0 Å². The number of nitro groups is 1. The van der Waals surface area contributed by atoms with E-state index in [-0.39, 0.29) is 30.1 Å². The van der Waals surface area contributed by atoms with Gasteiger partial charge in [0.1, 0.15) is 0 Å². The van der Waals surface area contributed by atoms with Crippen molar-refractivity contribution in [2.75, 3.05) is 5.73 Å². The Labute approximate surface area is 215 Å². The maximum absolute atomic E-state index is 10.5. The van der Waals surface area contributed by atoms with Crippen LogP contribution in [0.3, 0.4) is 0 Å². The number of nitrogens with two attached hydrogens (primary N) is 1. The fraction of sp³-hybridized carbons (Fsp3) is 0.0769. The summed E-state index contributed by atoms with van der Waals surface area (Å²) in [7, 11) is 0. The van der Waals surface area contributed by atoms with Gasteiger partial charge in [0.25, 0.3) is 5.69 Å². The van der Waals surface area contributed by atoms with E-state index >= 15 is 0 Å². The van der Waals surface area contributed by atoms with Crippen LogP contribution in [0.4, 0.5) is 11.4 Å². The molecule has 0 atom stereocenters. The SMILES string of the molecule is Nc1ccc(SCc2ccccc2)cc1.O=[N+]([O-])c1ccc(SCc2ccccc2)cc1.[Zn]. The van der Waals surface area contributed by atoms with Crippen LogP contribution >= 0.6 is 23.5 Å². The summed E-state index contributed by atoms with van der Waals surface area (Å²) in [5, 5.41) is 10.5. The molecule has 2 N–H and O–H groups in total. The number of rotatable bonds is 7. The zero-order valence-electron chi connectivity index (χ0n) is 18.2. The minimum absolute atomic E-state index is 0. The van der Waals surface area contributed by atoms with Crippen molar-refractivity contribution in [3.05, 3.63) is 130 Å². The fourth-order valence-corrected chi connectivity index (χ4v) is 4.42. The van der Waals surface area contributed by atoms with E-state index in [1.807, 2.05) is 48.2 Å². The molecule has 0 aliphatic carbocycles. The van der Waals surface area contributed by atoms with Crippen LogP contribution in [-0.2, 0) is 31.0 Å². The van der Waals surface area contributed by atoms with Crippen LogP contribution in [0, 0.1) is 10.1 Å². The summed E-state index contributed by atoms with van der Waals surface area (Å²) in [6.45, 7) is 0. The second-order valence-corrected chi connectivity index (χ2v) is 8.97. The quantitative estimate of drug-likeness (QED) is 0.0892. The van der Waals surface area contributed by atoms with Crippen LogP contribution in [0.25, 0.3) is 0 Å². The van der Waals surface area contributed by atoms with Crippen LogP contribution < -0.4 is 5.73 Å². The van der Waals surface area contributed by atoms with Crippen molar-refractivity contribution in [1.29, 1.82) is 0 Å². The maximum atomic E-state index is 10.5. The van der Waals surface area contributed by atoms with E-state index in [1.165, 1.54) is 28.2 Å². The molecule has 4 rings (SSSR count). The minimum atomic E-state index is -0.383. The number of hydrogen-bond donors (Lipinski definition) is 1. The molecular weight excluding hydrogens is 502 g/mol. The van der Waals surface area contributed by atoms with E-state index < -0.39 is 0 Å². The second-order valence-electron chi connectivity index (χ2n) is 6.87. The third-order valence-corrected chi connectivity index (χ3v) is 6.59. The summed E-state index contributed by atoms with van der Waals surface area (Å²) in [4.78, 5) is 12.4. The zero-order valence-corrected chi connectivity index (χ0v) is 22.8. The smallest absolute Gasteiger partial charge is 0.269 e. The minimum Gasteiger partial charge on any atom is -0.399 e. The molecule has 0 fully saturated rings. The van der Waals surface area contributed by atoms with E-state index in [1.54, 1.807) is 23.9 Å². The number of nitro benzene ring substituents is 1. The first kappa shape index (κ1) is 26.7. The molecule has 0 spiro atoms. The Morgan fingerprint density at radius 2 is 1.03 bits per heavy atom. The molecule has 7 heteroatoms. The first-order chi connectivity index (χ1) is 15.6. The first-order valence-corrected chi connectivity index (χ1v) is 12.0. The van der Waals surface area contributed by atoms with Gasteiger partial charge < -0.3 is 5.73 Å². The second kappa shape index (κ2) is 14.5. The Morgan fingerprint density at radius 1 is 0.636 bits per heavy atom. The molecule has 0 heterocycles. The molecule has 0 bridgehead atoms. The van der Waals surface area contributed by atoms with E-state index in [2.05, 4.69) is 48.5 Å². The summed E-state index contributed by atoms with van der Waals surface area (Å²) in [6, 6.07) is 35.2. The maximum Gasteiger partial charge on any atom is 0.269 e. The van der Waals surface area contributed by atoms with Crippen molar-refractivity contribution in [2.24, 2.45) is 0 Å². The standard InChI is InChI=1S/C13H11NO2S.C13H13NS.Zn/c15-14(16)12-6-8-13(9-7-12)17-10-11-4-2-1-3-5-11;14-12-6-8-13(9-7-12)15-10-11-4-2-1-3-5-11;/h1-9H,10H2;1-9H,10,14H2;. The molecule has 0 aliphatic rings. The predicted octanol–water partition coefficient (Wildman–Crippen LogP) is 7.45. The van der Waals surface area contributed by atoms with Gasteiger partial charge in [0, 0.05) is 58.6 Å². The van der Waals surface area contributed by atoms with Gasteiger partial charge in [-0.15, -0.1) is 23.5 Å². The van der Waals surface area contributed by atoms with Crippen molar-refractivity contribution in [3.8, 4) is 0 Å². The fourth-order valence-electron chi connectivity index (χ4n) is 2.71. The summed E-state index contributed by atoms with van der Waals surface area (Å²) in [5.41, 5.74) is 9.17. The summed E-state index contributed by atoms with van der Waals surface area (Å²) < 4.78 is 0. The topological polar surface area (TPSA) is 69.2 Å². The molecule has 0 radical (unpaired) electrons. The third kappa shape index (κ3) is 9.83. The molecule has 164 valence electrons. The average Bonchev–Trinajstić information content (AvgIpc) is 2.84. The largest absolute Gasteiger partial charge is 0.399 e. The Hall–Kier alpha value is -2.60. The molecule has 0 saturated heterocycles. The van der Waals surface area contributed by atoms with Gasteiger partial charge >= 0.3 is 0 Å². The molecule has 0 amide bonds. The van der Waals surface area contributed by atoms with Gasteiger partial charge in [-0.1, -0.05) is 60.7 Å². The number of non-ortho nitro benzene ring substituents is 1. The Bertz CT molecular complexity index is 1090. The van der Waals surface area contributed by atoms with Crippen LogP contribution in [0.5, 0.6) is 0 Å². The van der Waals surface area contributed by atoms with E-state index in [0.717, 1.165) is 22.1 Å². The summed E-state index contributed by atoms with van der Waals surface area (Å²) >= 11 is 3.50. The third-order valence-electron chi connectivity index (χ3n) is 4.42. The Morgan fingerprint density at radius 3 is 1.42 bits per heavy atom. The van der Waals surface area contributed by atoms with Gasteiger partial charge in [0.05, 0.1) is 4.92 Å². The summed E-state index contributed by atoms with van der Waals surface area (Å²) in [6.07, 6.45) is 0. The molecule has 0 aliphatic heterocycles. The number of nitrogen functional groups attached to an aromatic ring is 1. The average molecular weight is 526 g/mol. The van der Waals surface area contributed by atoms with Crippen molar-refractivity contribution in [3.63, 3.8) is 0 Å². The zero-order chi connectivity index (χ0) is 22.6. The molecular formula is C26H24N2O2S2Zn. The number of benzene rings is 4. The van der Waals surface area contributed by atoms with Crippen molar-refractivity contribution in [1.82, 2.24) is 0 Å². The molecule has 0 saturated carbocycles. The number of thioether (sulfide) groups is 2. The summed E-state index contributed by atoms with van der Waals surface area (Å²) in [5.74, 6) is 1.88. The predicted molar refractivity (Wildman–Crippen MR) is 136 cm³/mol. The number of anilines is 1. The molecule has 4 aromatic rings. The monoisotopic (exact) mass is 524 g/mol. The van der Waals surface area contributed by atoms with Crippen molar-refractivity contribution < 1.29 is 24.4 Å². The molecule has 4 nitrogen and oxygen atoms in total. The Kier molecular flexibility index (Phi) is 11.7. The van der Waals surface area contributed by atoms with Crippen molar-refractivity contribution in [2.45, 2.75) is 21.3 Å². The first-order valence-electron chi connectivity index (χ1n) is 10.0. The Balaban J connectivity index is 0.000000228. The molecule has 4 aromatic carbocycles. The van der Waals surface area contributed by atoms with Crippen LogP contribution in [0.1, 0.15) is 11.1 Å². The van der Waals surface area contributed by atoms with Crippen molar-refractivity contribution >= 4 is 34.9 Å². The van der Waals surface area contributed by atoms with Gasteiger partial charge in [-0.3, -0.25) is 10.1 Å². The normalized spacial score (nSPS) is 9.82. The van der Waals surface area contributed by atoms with Gasteiger partial charge in [-0.05, 0) is 47.5 Å².